The highest BCUT2D eigenvalue weighted by atomic mass is 35.5. The van der Waals surface area contributed by atoms with E-state index in [0.717, 1.165) is 30.3 Å². The number of H-pyrrole nitrogens is 1. The molecule has 1 fully saturated rings. The van der Waals surface area contributed by atoms with Crippen LogP contribution in [0.4, 0.5) is 0 Å². The molecule has 3 aromatic rings. The minimum atomic E-state index is -0.398. The molecule has 158 valence electrons. The van der Waals surface area contributed by atoms with E-state index in [0.29, 0.717) is 22.5 Å². The Morgan fingerprint density at radius 2 is 1.83 bits per heavy atom. The average molecular weight is 465 g/mol. The van der Waals surface area contributed by atoms with Crippen LogP contribution in [-0.2, 0) is 0 Å². The number of benzene rings is 2. The highest BCUT2D eigenvalue weighted by Gasteiger charge is 2.16. The number of aromatic nitrogens is 1. The average Bonchev–Trinajstić information content (AvgIpc) is 2.72. The first-order valence-corrected chi connectivity index (χ1v) is 11.5. The SMILES string of the molecule is O=c1[nH]c2cc(Cl)cc(Cl)c2c(O)c1Sc1ccc(OCCN2CCCCC2)cc1. The van der Waals surface area contributed by atoms with Crippen LogP contribution in [0.5, 0.6) is 11.5 Å². The predicted molar refractivity (Wildman–Crippen MR) is 123 cm³/mol. The van der Waals surface area contributed by atoms with Crippen molar-refractivity contribution in [2.24, 2.45) is 0 Å². The molecule has 5 nitrogen and oxygen atoms in total. The maximum absolute atomic E-state index is 12.5. The summed E-state index contributed by atoms with van der Waals surface area (Å²) in [7, 11) is 0. The first kappa shape index (κ1) is 21.4. The molecule has 0 aliphatic carbocycles. The second-order valence-corrected chi connectivity index (χ2v) is 9.19. The number of nitrogens with zero attached hydrogens (tertiary/aromatic N) is 1. The van der Waals surface area contributed by atoms with Crippen molar-refractivity contribution in [2.75, 3.05) is 26.2 Å². The van der Waals surface area contributed by atoms with Gasteiger partial charge in [-0.25, -0.2) is 0 Å². The van der Waals surface area contributed by atoms with E-state index in [1.54, 1.807) is 6.07 Å². The van der Waals surface area contributed by atoms with Crippen LogP contribution in [0.1, 0.15) is 19.3 Å². The van der Waals surface area contributed by atoms with Gasteiger partial charge in [-0.15, -0.1) is 0 Å². The van der Waals surface area contributed by atoms with Gasteiger partial charge in [-0.05, 0) is 62.3 Å². The second-order valence-electron chi connectivity index (χ2n) is 7.27. The number of ether oxygens (including phenoxy) is 1. The van der Waals surface area contributed by atoms with Gasteiger partial charge in [-0.1, -0.05) is 41.4 Å². The van der Waals surface area contributed by atoms with Crippen LogP contribution in [0.2, 0.25) is 10.0 Å². The van der Waals surface area contributed by atoms with Crippen LogP contribution >= 0.6 is 35.0 Å². The lowest BCUT2D eigenvalue weighted by molar-refractivity contribution is 0.183. The molecule has 2 heterocycles. The van der Waals surface area contributed by atoms with E-state index in [9.17, 15) is 9.90 Å². The Bertz CT molecular complexity index is 1100. The van der Waals surface area contributed by atoms with E-state index in [1.165, 1.54) is 37.1 Å². The van der Waals surface area contributed by atoms with Gasteiger partial charge in [0.05, 0.1) is 15.9 Å². The van der Waals surface area contributed by atoms with Gasteiger partial charge in [-0.2, -0.15) is 0 Å². The molecule has 0 unspecified atom stereocenters. The Morgan fingerprint density at radius 1 is 1.10 bits per heavy atom. The molecule has 1 aliphatic heterocycles. The molecule has 0 atom stereocenters. The maximum Gasteiger partial charge on any atom is 0.266 e. The third kappa shape index (κ3) is 4.89. The van der Waals surface area contributed by atoms with Gasteiger partial charge in [-0.3, -0.25) is 9.69 Å². The number of hydrogen-bond acceptors (Lipinski definition) is 5. The minimum Gasteiger partial charge on any atom is -0.506 e. The van der Waals surface area contributed by atoms with Gasteiger partial charge in [0, 0.05) is 16.5 Å². The molecule has 0 saturated carbocycles. The van der Waals surface area contributed by atoms with Crippen LogP contribution in [0.15, 0.2) is 51.0 Å². The summed E-state index contributed by atoms with van der Waals surface area (Å²) < 4.78 is 5.85. The molecule has 8 heteroatoms. The number of likely N-dealkylation sites (tertiary alicyclic amines) is 1. The Morgan fingerprint density at radius 3 is 2.57 bits per heavy atom. The molecule has 2 aromatic carbocycles. The molecule has 1 saturated heterocycles. The lowest BCUT2D eigenvalue weighted by Gasteiger charge is -2.26. The molecule has 0 radical (unpaired) electrons. The third-order valence-corrected chi connectivity index (χ3v) is 6.74. The van der Waals surface area contributed by atoms with Crippen LogP contribution in [0, 0.1) is 0 Å². The second kappa shape index (κ2) is 9.52. The van der Waals surface area contributed by atoms with Crippen molar-refractivity contribution in [1.82, 2.24) is 9.88 Å². The summed E-state index contributed by atoms with van der Waals surface area (Å²) in [6.45, 7) is 3.89. The zero-order valence-electron chi connectivity index (χ0n) is 16.3. The Balaban J connectivity index is 1.45. The van der Waals surface area contributed by atoms with Crippen molar-refractivity contribution in [3.05, 3.63) is 56.8 Å². The number of piperidine rings is 1. The van der Waals surface area contributed by atoms with Gasteiger partial charge in [0.15, 0.2) is 0 Å². The fourth-order valence-corrected chi connectivity index (χ4v) is 5.04. The fourth-order valence-electron chi connectivity index (χ4n) is 3.61. The summed E-state index contributed by atoms with van der Waals surface area (Å²) in [4.78, 5) is 18.7. The van der Waals surface area contributed by atoms with Gasteiger partial charge >= 0.3 is 0 Å². The predicted octanol–water partition coefficient (Wildman–Crippen LogP) is 5.56. The molecule has 0 bridgehead atoms. The highest BCUT2D eigenvalue weighted by Crippen LogP contribution is 2.39. The number of aromatic amines is 1. The largest absolute Gasteiger partial charge is 0.506 e. The van der Waals surface area contributed by atoms with Crippen LogP contribution in [0.25, 0.3) is 10.9 Å². The number of hydrogen-bond donors (Lipinski definition) is 2. The lowest BCUT2D eigenvalue weighted by Crippen LogP contribution is -2.33. The number of nitrogens with one attached hydrogen (secondary N) is 1. The van der Waals surface area contributed by atoms with Crippen LogP contribution in [0.3, 0.4) is 0 Å². The molecular formula is C22H22Cl2N2O3S. The Labute approximate surface area is 188 Å². The van der Waals surface area contributed by atoms with Gasteiger partial charge in [0.2, 0.25) is 0 Å². The standard InChI is InChI=1S/C22H22Cl2N2O3S/c23-14-12-17(24)19-18(13-14)25-22(28)21(20(19)27)30-16-6-4-15(5-7-16)29-11-10-26-8-2-1-3-9-26/h4-7,12-13H,1-3,8-11H2,(H2,25,27,28). The van der Waals surface area contributed by atoms with E-state index in [2.05, 4.69) is 9.88 Å². The number of pyridine rings is 1. The molecule has 0 amide bonds. The van der Waals surface area contributed by atoms with Gasteiger partial charge in [0.25, 0.3) is 5.56 Å². The van der Waals surface area contributed by atoms with Crippen molar-refractivity contribution >= 4 is 45.9 Å². The molecule has 1 aliphatic rings. The summed E-state index contributed by atoms with van der Waals surface area (Å²) in [5.74, 6) is 0.632. The van der Waals surface area contributed by atoms with Crippen molar-refractivity contribution in [3.8, 4) is 11.5 Å². The van der Waals surface area contributed by atoms with Crippen molar-refractivity contribution in [1.29, 1.82) is 0 Å². The summed E-state index contributed by atoms with van der Waals surface area (Å²) in [5, 5.41) is 11.7. The summed E-state index contributed by atoms with van der Waals surface area (Å²) in [5.41, 5.74) is 0.00185. The molecule has 4 rings (SSSR count). The van der Waals surface area contributed by atoms with Crippen molar-refractivity contribution < 1.29 is 9.84 Å². The molecular weight excluding hydrogens is 443 g/mol. The topological polar surface area (TPSA) is 65.6 Å². The minimum absolute atomic E-state index is 0.151. The quantitative estimate of drug-likeness (QED) is 0.499. The zero-order chi connectivity index (χ0) is 21.1. The van der Waals surface area contributed by atoms with E-state index in [1.807, 2.05) is 24.3 Å². The molecule has 1 aromatic heterocycles. The summed E-state index contributed by atoms with van der Waals surface area (Å²) in [6.07, 6.45) is 3.86. The lowest BCUT2D eigenvalue weighted by atomic mass is 10.1. The Kier molecular flexibility index (Phi) is 6.78. The van der Waals surface area contributed by atoms with Crippen LogP contribution < -0.4 is 10.3 Å². The fraction of sp³-hybridized carbons (Fsp3) is 0.318. The van der Waals surface area contributed by atoms with Crippen LogP contribution in [-0.4, -0.2) is 41.2 Å². The van der Waals surface area contributed by atoms with Crippen molar-refractivity contribution in [3.63, 3.8) is 0 Å². The number of rotatable bonds is 6. The first-order valence-electron chi connectivity index (χ1n) is 9.88. The number of halogens is 2. The smallest absolute Gasteiger partial charge is 0.266 e. The van der Waals surface area contributed by atoms with E-state index < -0.39 is 5.56 Å². The first-order chi connectivity index (χ1) is 14.5. The summed E-state index contributed by atoms with van der Waals surface area (Å²) >= 11 is 13.4. The van der Waals surface area contributed by atoms with E-state index >= 15 is 0 Å². The molecule has 2 N–H and O–H groups in total. The highest BCUT2D eigenvalue weighted by molar-refractivity contribution is 7.99. The van der Waals surface area contributed by atoms with E-state index in [4.69, 9.17) is 27.9 Å². The van der Waals surface area contributed by atoms with E-state index in [-0.39, 0.29) is 15.7 Å². The van der Waals surface area contributed by atoms with Gasteiger partial charge < -0.3 is 14.8 Å². The molecule has 0 spiro atoms. The normalized spacial score (nSPS) is 14.9. The zero-order valence-corrected chi connectivity index (χ0v) is 18.6. The molecule has 30 heavy (non-hydrogen) atoms. The monoisotopic (exact) mass is 464 g/mol. The van der Waals surface area contributed by atoms with Gasteiger partial charge in [0.1, 0.15) is 23.0 Å². The number of aromatic hydroxyl groups is 1. The number of fused-ring (bicyclic) bond motifs is 1. The Hall–Kier alpha value is -1.86. The third-order valence-electron chi connectivity index (χ3n) is 5.13. The van der Waals surface area contributed by atoms with Crippen molar-refractivity contribution in [2.45, 2.75) is 29.1 Å². The maximum atomic E-state index is 12.5. The summed E-state index contributed by atoms with van der Waals surface area (Å²) in [6, 6.07) is 10.6.